The van der Waals surface area contributed by atoms with Crippen LogP contribution < -0.4 is 10.0 Å². The third kappa shape index (κ3) is 4.89. The number of para-hydroxylation sites is 1. The van der Waals surface area contributed by atoms with E-state index in [1.807, 2.05) is 30.3 Å². The number of hydrogen-bond acceptors (Lipinski definition) is 5. The molecule has 0 bridgehead atoms. The van der Waals surface area contributed by atoms with E-state index in [1.54, 1.807) is 0 Å². The summed E-state index contributed by atoms with van der Waals surface area (Å²) >= 11 is 7.83. The molecule has 0 radical (unpaired) electrons. The Morgan fingerprint density at radius 3 is 2.55 bits per heavy atom. The van der Waals surface area contributed by atoms with Crippen molar-refractivity contribution in [1.82, 2.24) is 0 Å². The number of carboxylic acids is 1. The standard InChI is InChI=1S/C22H27ClN2O3S/c1-2-25(17-6-4-3-5-7-17)19-15-18(23)16(14-20(19)29-24)8-9-22(21(26)27)10-12-28-13-11-22/h3-7,14-15H,2,8-13,24H2,1H3,(H,26,27). The van der Waals surface area contributed by atoms with Gasteiger partial charge in [-0.05, 0) is 74.4 Å². The lowest BCUT2D eigenvalue weighted by molar-refractivity contribution is -0.155. The van der Waals surface area contributed by atoms with Crippen molar-refractivity contribution >= 4 is 40.9 Å². The van der Waals surface area contributed by atoms with Crippen LogP contribution >= 0.6 is 23.5 Å². The maximum Gasteiger partial charge on any atom is 0.309 e. The normalized spacial score (nSPS) is 15.8. The van der Waals surface area contributed by atoms with Crippen molar-refractivity contribution in [2.45, 2.75) is 37.5 Å². The minimum atomic E-state index is -0.747. The van der Waals surface area contributed by atoms with Crippen molar-refractivity contribution < 1.29 is 14.6 Å². The molecule has 1 fully saturated rings. The van der Waals surface area contributed by atoms with E-state index < -0.39 is 11.4 Å². The molecule has 7 heteroatoms. The number of nitrogens with zero attached hydrogens (tertiary/aromatic N) is 1. The van der Waals surface area contributed by atoms with Gasteiger partial charge in [0.15, 0.2) is 0 Å². The molecule has 0 amide bonds. The number of rotatable bonds is 8. The number of aryl methyl sites for hydroxylation is 1. The summed E-state index contributed by atoms with van der Waals surface area (Å²) < 4.78 is 5.37. The SMILES string of the molecule is CCN(c1ccccc1)c1cc(Cl)c(CCC2(C(=O)O)CCOCC2)cc1SN. The Morgan fingerprint density at radius 1 is 1.28 bits per heavy atom. The highest BCUT2D eigenvalue weighted by Crippen LogP contribution is 2.40. The minimum Gasteiger partial charge on any atom is -0.481 e. The minimum absolute atomic E-state index is 0.491. The first-order chi connectivity index (χ1) is 14.0. The van der Waals surface area contributed by atoms with Gasteiger partial charge in [0.1, 0.15) is 0 Å². The van der Waals surface area contributed by atoms with Crippen LogP contribution in [0.25, 0.3) is 0 Å². The van der Waals surface area contributed by atoms with Gasteiger partial charge in [-0.15, -0.1) is 0 Å². The number of halogens is 1. The first-order valence-electron chi connectivity index (χ1n) is 9.83. The van der Waals surface area contributed by atoms with E-state index in [9.17, 15) is 9.90 Å². The van der Waals surface area contributed by atoms with Gasteiger partial charge in [0.25, 0.3) is 0 Å². The smallest absolute Gasteiger partial charge is 0.309 e. The predicted molar refractivity (Wildman–Crippen MR) is 119 cm³/mol. The van der Waals surface area contributed by atoms with Gasteiger partial charge in [-0.2, -0.15) is 0 Å². The maximum atomic E-state index is 11.9. The Labute approximate surface area is 181 Å². The zero-order valence-electron chi connectivity index (χ0n) is 16.6. The lowest BCUT2D eigenvalue weighted by atomic mass is 9.76. The molecule has 0 aliphatic carbocycles. The summed E-state index contributed by atoms with van der Waals surface area (Å²) in [6.45, 7) is 3.84. The molecule has 0 aromatic heterocycles. The summed E-state index contributed by atoms with van der Waals surface area (Å²) in [6.07, 6.45) is 2.20. The third-order valence-electron chi connectivity index (χ3n) is 5.71. The Bertz CT molecular complexity index is 841. The van der Waals surface area contributed by atoms with Crippen LogP contribution in [0.2, 0.25) is 5.02 Å². The van der Waals surface area contributed by atoms with E-state index in [-0.39, 0.29) is 0 Å². The fourth-order valence-electron chi connectivity index (χ4n) is 3.89. The monoisotopic (exact) mass is 434 g/mol. The number of anilines is 2. The highest BCUT2D eigenvalue weighted by Gasteiger charge is 2.39. The molecular weight excluding hydrogens is 408 g/mol. The van der Waals surface area contributed by atoms with E-state index in [2.05, 4.69) is 24.0 Å². The maximum absolute atomic E-state index is 11.9. The zero-order valence-corrected chi connectivity index (χ0v) is 18.1. The van der Waals surface area contributed by atoms with E-state index in [4.69, 9.17) is 21.5 Å². The Hall–Kier alpha value is -1.73. The summed E-state index contributed by atoms with van der Waals surface area (Å²) in [6, 6.07) is 14.0. The Balaban J connectivity index is 1.87. The second-order valence-corrected chi connectivity index (χ2v) is 8.39. The molecular formula is C22H27ClN2O3S. The van der Waals surface area contributed by atoms with E-state index in [0.29, 0.717) is 43.9 Å². The molecule has 3 rings (SSSR count). The molecule has 1 heterocycles. The average Bonchev–Trinajstić information content (AvgIpc) is 2.75. The number of carbonyl (C=O) groups is 1. The molecule has 0 unspecified atom stereocenters. The third-order valence-corrected chi connectivity index (χ3v) is 6.64. The number of benzene rings is 2. The average molecular weight is 435 g/mol. The van der Waals surface area contributed by atoms with E-state index in [0.717, 1.165) is 28.4 Å². The van der Waals surface area contributed by atoms with Crippen LogP contribution in [0.4, 0.5) is 11.4 Å². The number of nitrogens with two attached hydrogens (primary N) is 1. The summed E-state index contributed by atoms with van der Waals surface area (Å²) in [5.41, 5.74) is 2.22. The van der Waals surface area contributed by atoms with Gasteiger partial charge in [-0.25, -0.2) is 0 Å². The number of carboxylic acid groups (broad SMARTS) is 1. The number of aliphatic carboxylic acids is 1. The van der Waals surface area contributed by atoms with Gasteiger partial charge < -0.3 is 14.7 Å². The molecule has 156 valence electrons. The van der Waals surface area contributed by atoms with Crippen molar-refractivity contribution in [2.75, 3.05) is 24.7 Å². The lowest BCUT2D eigenvalue weighted by Crippen LogP contribution is -2.37. The molecule has 1 saturated heterocycles. The van der Waals surface area contributed by atoms with Crippen molar-refractivity contribution in [3.8, 4) is 0 Å². The van der Waals surface area contributed by atoms with Gasteiger partial charge in [0, 0.05) is 35.4 Å². The van der Waals surface area contributed by atoms with Crippen LogP contribution in [0.1, 0.15) is 31.7 Å². The van der Waals surface area contributed by atoms with E-state index >= 15 is 0 Å². The highest BCUT2D eigenvalue weighted by atomic mass is 35.5. The largest absolute Gasteiger partial charge is 0.481 e. The molecule has 2 aromatic carbocycles. The first-order valence-corrected chi connectivity index (χ1v) is 11.1. The molecule has 1 aliphatic rings. The quantitative estimate of drug-likeness (QED) is 0.550. The number of hydrogen-bond donors (Lipinski definition) is 2. The van der Waals surface area contributed by atoms with Gasteiger partial charge in [-0.3, -0.25) is 9.93 Å². The van der Waals surface area contributed by atoms with Crippen molar-refractivity contribution in [2.24, 2.45) is 10.6 Å². The van der Waals surface area contributed by atoms with Crippen molar-refractivity contribution in [1.29, 1.82) is 0 Å². The molecule has 5 nitrogen and oxygen atoms in total. The summed E-state index contributed by atoms with van der Waals surface area (Å²) in [4.78, 5) is 15.0. The van der Waals surface area contributed by atoms with Crippen LogP contribution in [-0.2, 0) is 16.0 Å². The molecule has 3 N–H and O–H groups in total. The summed E-state index contributed by atoms with van der Waals surface area (Å²) in [5.74, 6) is -0.747. The van der Waals surface area contributed by atoms with Crippen molar-refractivity contribution in [3.63, 3.8) is 0 Å². The molecule has 0 spiro atoms. The van der Waals surface area contributed by atoms with Crippen molar-refractivity contribution in [3.05, 3.63) is 53.1 Å². The van der Waals surface area contributed by atoms with Gasteiger partial charge >= 0.3 is 5.97 Å². The summed E-state index contributed by atoms with van der Waals surface area (Å²) in [7, 11) is 0. The van der Waals surface area contributed by atoms with Crippen LogP contribution in [-0.4, -0.2) is 30.8 Å². The second kappa shape index (κ2) is 9.85. The van der Waals surface area contributed by atoms with E-state index in [1.165, 1.54) is 11.9 Å². The molecule has 0 saturated carbocycles. The lowest BCUT2D eigenvalue weighted by Gasteiger charge is -2.33. The highest BCUT2D eigenvalue weighted by molar-refractivity contribution is 7.97. The molecule has 1 aliphatic heterocycles. The van der Waals surface area contributed by atoms with Crippen LogP contribution in [0, 0.1) is 5.41 Å². The first kappa shape index (κ1) is 22.0. The fourth-order valence-corrected chi connectivity index (χ4v) is 4.64. The Morgan fingerprint density at radius 2 is 1.97 bits per heavy atom. The van der Waals surface area contributed by atoms with Gasteiger partial charge in [0.05, 0.1) is 11.1 Å². The van der Waals surface area contributed by atoms with Crippen LogP contribution in [0.3, 0.4) is 0 Å². The molecule has 2 aromatic rings. The molecule has 0 atom stereocenters. The topological polar surface area (TPSA) is 75.8 Å². The second-order valence-electron chi connectivity index (χ2n) is 7.31. The van der Waals surface area contributed by atoms with Crippen LogP contribution in [0.15, 0.2) is 47.4 Å². The number of ether oxygens (including phenoxy) is 1. The summed E-state index contributed by atoms with van der Waals surface area (Å²) in [5, 5.41) is 16.4. The van der Waals surface area contributed by atoms with Gasteiger partial charge in [-0.1, -0.05) is 29.8 Å². The predicted octanol–water partition coefficient (Wildman–Crippen LogP) is 5.28. The van der Waals surface area contributed by atoms with Gasteiger partial charge in [0.2, 0.25) is 0 Å². The molecule has 29 heavy (non-hydrogen) atoms. The fraction of sp³-hybridized carbons (Fsp3) is 0.409. The zero-order chi connectivity index (χ0) is 20.9. The van der Waals surface area contributed by atoms with Crippen LogP contribution in [0.5, 0.6) is 0 Å². The Kier molecular flexibility index (Phi) is 7.46.